The zero-order valence-electron chi connectivity index (χ0n) is 9.85. The molecule has 1 saturated heterocycles. The molecule has 0 aliphatic carbocycles. The average Bonchev–Trinajstić information content (AvgIpc) is 2.60. The number of nitrogens with zero attached hydrogens (tertiary/aromatic N) is 1. The van der Waals surface area contributed by atoms with Crippen molar-refractivity contribution in [1.82, 2.24) is 10.2 Å². The van der Waals surface area contributed by atoms with Crippen LogP contribution in [0.3, 0.4) is 0 Å². The maximum absolute atomic E-state index is 11.7. The Kier molecular flexibility index (Phi) is 4.41. The van der Waals surface area contributed by atoms with Gasteiger partial charge in [-0.3, -0.25) is 4.79 Å². The van der Waals surface area contributed by atoms with Crippen molar-refractivity contribution >= 4 is 17.5 Å². The summed E-state index contributed by atoms with van der Waals surface area (Å²) in [4.78, 5) is 14.0. The highest BCUT2D eigenvalue weighted by molar-refractivity contribution is 6.19. The molecule has 1 unspecified atom stereocenters. The van der Waals surface area contributed by atoms with Crippen molar-refractivity contribution in [2.75, 3.05) is 32.6 Å². The maximum Gasteiger partial charge on any atom is 0.226 e. The highest BCUT2D eigenvalue weighted by Gasteiger charge is 2.27. The lowest BCUT2D eigenvalue weighted by Crippen LogP contribution is -2.40. The highest BCUT2D eigenvalue weighted by Crippen LogP contribution is 2.18. The van der Waals surface area contributed by atoms with Crippen LogP contribution in [0.1, 0.15) is 20.3 Å². The van der Waals surface area contributed by atoms with E-state index < -0.39 is 5.41 Å². The van der Waals surface area contributed by atoms with Gasteiger partial charge in [-0.25, -0.2) is 0 Å². The van der Waals surface area contributed by atoms with Gasteiger partial charge in [-0.1, -0.05) is 0 Å². The third-order valence-electron chi connectivity index (χ3n) is 2.99. The van der Waals surface area contributed by atoms with Crippen LogP contribution in [0.25, 0.3) is 0 Å². The molecule has 88 valence electrons. The number of hydrogen-bond donors (Lipinski definition) is 1. The van der Waals surface area contributed by atoms with Gasteiger partial charge < -0.3 is 10.2 Å². The smallest absolute Gasteiger partial charge is 0.226 e. The first kappa shape index (κ1) is 12.8. The number of rotatable bonds is 4. The molecule has 0 aromatic carbocycles. The summed E-state index contributed by atoms with van der Waals surface area (Å²) in [6.07, 6.45) is 1.18. The van der Waals surface area contributed by atoms with E-state index in [0.29, 0.717) is 11.8 Å². The summed E-state index contributed by atoms with van der Waals surface area (Å²) >= 11 is 5.74. The van der Waals surface area contributed by atoms with E-state index in [1.165, 1.54) is 6.42 Å². The lowest BCUT2D eigenvalue weighted by atomic mass is 9.95. The Morgan fingerprint density at radius 1 is 1.60 bits per heavy atom. The molecule has 0 spiro atoms. The number of alkyl halides is 1. The molecule has 1 aliphatic heterocycles. The van der Waals surface area contributed by atoms with Crippen LogP contribution >= 0.6 is 11.6 Å². The molecule has 15 heavy (non-hydrogen) atoms. The Morgan fingerprint density at radius 3 is 2.73 bits per heavy atom. The SMILES string of the molecule is CN1CCC(CNC(=O)C(C)(C)CCl)C1. The lowest BCUT2D eigenvalue weighted by molar-refractivity contribution is -0.128. The minimum atomic E-state index is -0.452. The second-order valence-corrected chi connectivity index (χ2v) is 5.41. The lowest BCUT2D eigenvalue weighted by Gasteiger charge is -2.21. The van der Waals surface area contributed by atoms with Gasteiger partial charge in [-0.2, -0.15) is 0 Å². The van der Waals surface area contributed by atoms with Crippen LogP contribution < -0.4 is 5.32 Å². The number of carbonyl (C=O) groups is 1. The number of halogens is 1. The number of carbonyl (C=O) groups excluding carboxylic acids is 1. The van der Waals surface area contributed by atoms with Crippen LogP contribution in [-0.2, 0) is 4.79 Å². The fourth-order valence-electron chi connectivity index (χ4n) is 1.73. The molecule has 1 heterocycles. The number of nitrogens with one attached hydrogen (secondary N) is 1. The Labute approximate surface area is 97.2 Å². The summed E-state index contributed by atoms with van der Waals surface area (Å²) < 4.78 is 0. The number of likely N-dealkylation sites (tertiary alicyclic amines) is 1. The van der Waals surface area contributed by atoms with E-state index in [0.717, 1.165) is 19.6 Å². The Hall–Kier alpha value is -0.280. The third kappa shape index (κ3) is 3.65. The third-order valence-corrected chi connectivity index (χ3v) is 3.66. The summed E-state index contributed by atoms with van der Waals surface area (Å²) in [6.45, 7) is 6.75. The van der Waals surface area contributed by atoms with Crippen molar-refractivity contribution in [1.29, 1.82) is 0 Å². The first-order valence-electron chi connectivity index (χ1n) is 5.48. The predicted molar refractivity (Wildman–Crippen MR) is 63.1 cm³/mol. The maximum atomic E-state index is 11.7. The van der Waals surface area contributed by atoms with E-state index in [-0.39, 0.29) is 5.91 Å². The zero-order chi connectivity index (χ0) is 11.5. The van der Waals surface area contributed by atoms with Crippen molar-refractivity contribution < 1.29 is 4.79 Å². The molecular weight excluding hydrogens is 212 g/mol. The fourth-order valence-corrected chi connectivity index (χ4v) is 1.85. The van der Waals surface area contributed by atoms with Crippen LogP contribution in [0.4, 0.5) is 0 Å². The van der Waals surface area contributed by atoms with Gasteiger partial charge in [0.25, 0.3) is 0 Å². The molecule has 1 fully saturated rings. The van der Waals surface area contributed by atoms with Crippen LogP contribution in [0, 0.1) is 11.3 Å². The van der Waals surface area contributed by atoms with Crippen LogP contribution in [0.15, 0.2) is 0 Å². The van der Waals surface area contributed by atoms with Gasteiger partial charge in [-0.05, 0) is 39.8 Å². The molecule has 1 N–H and O–H groups in total. The molecule has 0 saturated carbocycles. The molecule has 3 nitrogen and oxygen atoms in total. The van der Waals surface area contributed by atoms with E-state index in [2.05, 4.69) is 17.3 Å². The van der Waals surface area contributed by atoms with Crippen LogP contribution in [0.2, 0.25) is 0 Å². The normalized spacial score (nSPS) is 23.1. The minimum Gasteiger partial charge on any atom is -0.355 e. The standard InChI is InChI=1S/C11H21ClN2O/c1-11(2,8-12)10(15)13-6-9-4-5-14(3)7-9/h9H,4-8H2,1-3H3,(H,13,15). The molecule has 1 atom stereocenters. The van der Waals surface area contributed by atoms with Crippen molar-refractivity contribution in [3.63, 3.8) is 0 Å². The average molecular weight is 233 g/mol. The van der Waals surface area contributed by atoms with Gasteiger partial charge in [-0.15, -0.1) is 11.6 Å². The number of hydrogen-bond acceptors (Lipinski definition) is 2. The van der Waals surface area contributed by atoms with Crippen molar-refractivity contribution in [3.05, 3.63) is 0 Å². The highest BCUT2D eigenvalue weighted by atomic mass is 35.5. The van der Waals surface area contributed by atoms with E-state index in [1.807, 2.05) is 13.8 Å². The van der Waals surface area contributed by atoms with E-state index >= 15 is 0 Å². The molecule has 0 radical (unpaired) electrons. The molecule has 4 heteroatoms. The second kappa shape index (κ2) is 5.17. The van der Waals surface area contributed by atoms with E-state index in [1.54, 1.807) is 0 Å². The molecule has 1 amide bonds. The fraction of sp³-hybridized carbons (Fsp3) is 0.909. The molecule has 0 aromatic heterocycles. The summed E-state index contributed by atoms with van der Waals surface area (Å²) in [5.74, 6) is 1.03. The van der Waals surface area contributed by atoms with Crippen LogP contribution in [-0.4, -0.2) is 43.4 Å². The van der Waals surface area contributed by atoms with Gasteiger partial charge in [0.15, 0.2) is 0 Å². The largest absolute Gasteiger partial charge is 0.355 e. The predicted octanol–water partition coefficient (Wildman–Crippen LogP) is 1.32. The monoisotopic (exact) mass is 232 g/mol. The van der Waals surface area contributed by atoms with Gasteiger partial charge in [0.05, 0.1) is 5.41 Å². The van der Waals surface area contributed by atoms with Crippen molar-refractivity contribution in [3.8, 4) is 0 Å². The summed E-state index contributed by atoms with van der Waals surface area (Å²) in [7, 11) is 2.12. The van der Waals surface area contributed by atoms with Gasteiger partial charge in [0, 0.05) is 19.0 Å². The van der Waals surface area contributed by atoms with E-state index in [4.69, 9.17) is 11.6 Å². The van der Waals surface area contributed by atoms with Gasteiger partial charge >= 0.3 is 0 Å². The second-order valence-electron chi connectivity index (χ2n) is 5.14. The molecule has 0 bridgehead atoms. The topological polar surface area (TPSA) is 32.3 Å². The summed E-state index contributed by atoms with van der Waals surface area (Å²) in [5, 5.41) is 2.99. The Bertz CT molecular complexity index is 231. The molecule has 1 rings (SSSR count). The summed E-state index contributed by atoms with van der Waals surface area (Å²) in [5.41, 5.74) is -0.452. The van der Waals surface area contributed by atoms with E-state index in [9.17, 15) is 4.79 Å². The van der Waals surface area contributed by atoms with Gasteiger partial charge in [0.2, 0.25) is 5.91 Å². The zero-order valence-corrected chi connectivity index (χ0v) is 10.6. The van der Waals surface area contributed by atoms with Gasteiger partial charge in [0.1, 0.15) is 0 Å². The number of amides is 1. The molecule has 0 aromatic rings. The summed E-state index contributed by atoms with van der Waals surface area (Å²) in [6, 6.07) is 0. The molecular formula is C11H21ClN2O. The molecule has 1 aliphatic rings. The Morgan fingerprint density at radius 2 is 2.27 bits per heavy atom. The van der Waals surface area contributed by atoms with Crippen molar-refractivity contribution in [2.45, 2.75) is 20.3 Å². The quantitative estimate of drug-likeness (QED) is 0.742. The first-order chi connectivity index (χ1) is 6.95. The first-order valence-corrected chi connectivity index (χ1v) is 6.02. The minimum absolute atomic E-state index is 0.0621. The van der Waals surface area contributed by atoms with Crippen LogP contribution in [0.5, 0.6) is 0 Å². The van der Waals surface area contributed by atoms with Crippen molar-refractivity contribution in [2.24, 2.45) is 11.3 Å². The Balaban J connectivity index is 2.28.